The van der Waals surface area contributed by atoms with Crippen molar-refractivity contribution in [3.8, 4) is 0 Å². The highest BCUT2D eigenvalue weighted by atomic mass is 32.2. The van der Waals surface area contributed by atoms with E-state index in [1.54, 1.807) is 0 Å². The van der Waals surface area contributed by atoms with E-state index in [-0.39, 0.29) is 0 Å². The van der Waals surface area contributed by atoms with E-state index in [0.29, 0.717) is 4.75 Å². The lowest BCUT2D eigenvalue weighted by Gasteiger charge is -2.37. The molecule has 0 aromatic carbocycles. The summed E-state index contributed by atoms with van der Waals surface area (Å²) in [6.45, 7) is 14.9. The molecule has 0 unspecified atom stereocenters. The van der Waals surface area contributed by atoms with Crippen molar-refractivity contribution in [2.75, 3.05) is 25.4 Å². The summed E-state index contributed by atoms with van der Waals surface area (Å²) in [6.07, 6.45) is 0. The summed E-state index contributed by atoms with van der Waals surface area (Å²) in [5.41, 5.74) is 0. The highest BCUT2D eigenvalue weighted by Crippen LogP contribution is 2.30. The standard InChI is InChI=1S/C16H28N2S2/c1-13(2)9-17-10-14-5-6-15(20-14)11-18-7-8-19-16(3,4)12-18/h5-6,13,17H,7-12H2,1-4H3. The molecule has 114 valence electrons. The van der Waals surface area contributed by atoms with Crippen molar-refractivity contribution >= 4 is 23.1 Å². The summed E-state index contributed by atoms with van der Waals surface area (Å²) in [7, 11) is 0. The van der Waals surface area contributed by atoms with Crippen LogP contribution in [0.2, 0.25) is 0 Å². The fourth-order valence-electron chi connectivity index (χ4n) is 2.56. The van der Waals surface area contributed by atoms with Gasteiger partial charge in [-0.05, 0) is 38.4 Å². The van der Waals surface area contributed by atoms with Crippen LogP contribution < -0.4 is 5.32 Å². The molecule has 2 nitrogen and oxygen atoms in total. The first-order chi connectivity index (χ1) is 9.44. The van der Waals surface area contributed by atoms with Crippen LogP contribution in [0.1, 0.15) is 37.4 Å². The number of thiophene rings is 1. The van der Waals surface area contributed by atoms with Gasteiger partial charge >= 0.3 is 0 Å². The second-order valence-corrected chi connectivity index (χ2v) is 9.77. The van der Waals surface area contributed by atoms with Crippen LogP contribution in [0.5, 0.6) is 0 Å². The highest BCUT2D eigenvalue weighted by Gasteiger charge is 2.26. The molecule has 0 saturated carbocycles. The van der Waals surface area contributed by atoms with E-state index in [1.165, 1.54) is 28.6 Å². The summed E-state index contributed by atoms with van der Waals surface area (Å²) in [6, 6.07) is 4.60. The Morgan fingerprint density at radius 1 is 1.30 bits per heavy atom. The van der Waals surface area contributed by atoms with Crippen LogP contribution in [0.4, 0.5) is 0 Å². The molecule has 4 heteroatoms. The molecule has 20 heavy (non-hydrogen) atoms. The van der Waals surface area contributed by atoms with Crippen molar-refractivity contribution in [1.82, 2.24) is 10.2 Å². The summed E-state index contributed by atoms with van der Waals surface area (Å²) >= 11 is 4.07. The minimum atomic E-state index is 0.414. The fraction of sp³-hybridized carbons (Fsp3) is 0.750. The van der Waals surface area contributed by atoms with Crippen LogP contribution >= 0.6 is 23.1 Å². The van der Waals surface area contributed by atoms with Gasteiger partial charge in [-0.3, -0.25) is 4.90 Å². The molecule has 0 atom stereocenters. The molecule has 0 amide bonds. The van der Waals surface area contributed by atoms with Gasteiger partial charge in [-0.1, -0.05) is 13.8 Å². The molecule has 1 aliphatic rings. The van der Waals surface area contributed by atoms with Gasteiger partial charge in [0.25, 0.3) is 0 Å². The number of rotatable bonds is 6. The Bertz CT molecular complexity index is 412. The van der Waals surface area contributed by atoms with E-state index in [0.717, 1.165) is 25.6 Å². The van der Waals surface area contributed by atoms with Gasteiger partial charge in [0.15, 0.2) is 0 Å². The average molecular weight is 313 g/mol. The normalized spacial score (nSPS) is 19.6. The molecule has 2 rings (SSSR count). The highest BCUT2D eigenvalue weighted by molar-refractivity contribution is 8.00. The number of hydrogen-bond acceptors (Lipinski definition) is 4. The smallest absolute Gasteiger partial charge is 0.0328 e. The minimum Gasteiger partial charge on any atom is -0.312 e. The molecule has 1 fully saturated rings. The molecule has 0 spiro atoms. The van der Waals surface area contributed by atoms with E-state index in [9.17, 15) is 0 Å². The average Bonchev–Trinajstić information content (AvgIpc) is 2.75. The van der Waals surface area contributed by atoms with Gasteiger partial charge in [0.05, 0.1) is 0 Å². The Morgan fingerprint density at radius 3 is 2.75 bits per heavy atom. The third-order valence-electron chi connectivity index (χ3n) is 3.45. The van der Waals surface area contributed by atoms with Gasteiger partial charge in [-0.25, -0.2) is 0 Å². The Morgan fingerprint density at radius 2 is 2.05 bits per heavy atom. The van der Waals surface area contributed by atoms with E-state index in [4.69, 9.17) is 0 Å². The lowest BCUT2D eigenvalue weighted by atomic mass is 10.2. The Kier molecular flexibility index (Phi) is 5.96. The van der Waals surface area contributed by atoms with Crippen LogP contribution in [-0.2, 0) is 13.1 Å². The second-order valence-electron chi connectivity index (χ2n) is 6.71. The SMILES string of the molecule is CC(C)CNCc1ccc(CN2CCSC(C)(C)C2)s1. The van der Waals surface area contributed by atoms with Crippen molar-refractivity contribution in [2.45, 2.75) is 45.5 Å². The number of nitrogens with one attached hydrogen (secondary N) is 1. The largest absolute Gasteiger partial charge is 0.312 e. The van der Waals surface area contributed by atoms with Gasteiger partial charge in [-0.15, -0.1) is 11.3 Å². The zero-order valence-corrected chi connectivity index (χ0v) is 14.9. The molecule has 1 N–H and O–H groups in total. The third kappa shape index (κ3) is 5.40. The minimum absolute atomic E-state index is 0.414. The number of hydrogen-bond donors (Lipinski definition) is 1. The van der Waals surface area contributed by atoms with Gasteiger partial charge in [0.1, 0.15) is 0 Å². The summed E-state index contributed by atoms with van der Waals surface area (Å²) in [4.78, 5) is 5.58. The van der Waals surface area contributed by atoms with Crippen molar-refractivity contribution in [3.05, 3.63) is 21.9 Å². The maximum atomic E-state index is 3.52. The topological polar surface area (TPSA) is 15.3 Å². The maximum Gasteiger partial charge on any atom is 0.0328 e. The zero-order valence-electron chi connectivity index (χ0n) is 13.2. The quantitative estimate of drug-likeness (QED) is 0.859. The van der Waals surface area contributed by atoms with Gasteiger partial charge in [0.2, 0.25) is 0 Å². The molecule has 1 aliphatic heterocycles. The van der Waals surface area contributed by atoms with Gasteiger partial charge in [-0.2, -0.15) is 11.8 Å². The van der Waals surface area contributed by atoms with E-state index < -0.39 is 0 Å². The lowest BCUT2D eigenvalue weighted by molar-refractivity contribution is 0.254. The van der Waals surface area contributed by atoms with Crippen LogP contribution in [-0.4, -0.2) is 35.0 Å². The first kappa shape index (κ1) is 16.3. The number of nitrogens with zero attached hydrogens (tertiary/aromatic N) is 1. The van der Waals surface area contributed by atoms with E-state index in [2.05, 4.69) is 61.8 Å². The maximum absolute atomic E-state index is 3.52. The molecule has 0 aliphatic carbocycles. The molecule has 1 aromatic heterocycles. The predicted octanol–water partition coefficient (Wildman–Crippen LogP) is 3.82. The zero-order chi connectivity index (χ0) is 14.6. The van der Waals surface area contributed by atoms with Crippen molar-refractivity contribution in [3.63, 3.8) is 0 Å². The number of thioether (sulfide) groups is 1. The van der Waals surface area contributed by atoms with E-state index in [1.807, 2.05) is 11.3 Å². The molecular formula is C16H28N2S2. The predicted molar refractivity (Wildman–Crippen MR) is 92.7 cm³/mol. The Hall–Kier alpha value is -0.0300. The van der Waals surface area contributed by atoms with E-state index >= 15 is 0 Å². The first-order valence-electron chi connectivity index (χ1n) is 7.59. The van der Waals surface area contributed by atoms with Gasteiger partial charge in [0, 0.05) is 46.4 Å². The van der Waals surface area contributed by atoms with Crippen LogP contribution in [0, 0.1) is 5.92 Å². The summed E-state index contributed by atoms with van der Waals surface area (Å²) in [5, 5.41) is 3.52. The fourth-order valence-corrected chi connectivity index (χ4v) is 4.76. The Labute approximate surface area is 132 Å². The summed E-state index contributed by atoms with van der Waals surface area (Å²) in [5.74, 6) is 1.99. The van der Waals surface area contributed by atoms with Gasteiger partial charge < -0.3 is 5.32 Å². The molecule has 1 aromatic rings. The third-order valence-corrected chi connectivity index (χ3v) is 5.82. The molecule has 1 saturated heterocycles. The van der Waals surface area contributed by atoms with Crippen molar-refractivity contribution in [1.29, 1.82) is 0 Å². The second kappa shape index (κ2) is 7.30. The van der Waals surface area contributed by atoms with Crippen LogP contribution in [0.3, 0.4) is 0 Å². The monoisotopic (exact) mass is 312 g/mol. The molecule has 2 heterocycles. The lowest BCUT2D eigenvalue weighted by Crippen LogP contribution is -2.42. The molecular weight excluding hydrogens is 284 g/mol. The summed E-state index contributed by atoms with van der Waals surface area (Å²) < 4.78 is 0.414. The molecule has 0 radical (unpaired) electrons. The van der Waals surface area contributed by atoms with Crippen molar-refractivity contribution in [2.24, 2.45) is 5.92 Å². The Balaban J connectivity index is 1.80. The first-order valence-corrected chi connectivity index (χ1v) is 9.39. The van der Waals surface area contributed by atoms with Crippen LogP contribution in [0.15, 0.2) is 12.1 Å². The molecule has 0 bridgehead atoms. The van der Waals surface area contributed by atoms with Crippen molar-refractivity contribution < 1.29 is 0 Å². The van der Waals surface area contributed by atoms with Crippen LogP contribution in [0.25, 0.3) is 0 Å².